The number of carbonyl (C=O) groups excluding carboxylic acids is 2. The van der Waals surface area contributed by atoms with Crippen molar-refractivity contribution in [2.24, 2.45) is 0 Å². The van der Waals surface area contributed by atoms with Crippen LogP contribution in [0, 0.1) is 0 Å². The maximum atomic E-state index is 12.2. The molecule has 9 heteroatoms. The molecule has 1 aromatic heterocycles. The summed E-state index contributed by atoms with van der Waals surface area (Å²) >= 11 is 13.1. The van der Waals surface area contributed by atoms with Gasteiger partial charge in [-0.05, 0) is 30.3 Å². The van der Waals surface area contributed by atoms with Gasteiger partial charge >= 0.3 is 0 Å². The Morgan fingerprint density at radius 3 is 2.59 bits per heavy atom. The van der Waals surface area contributed by atoms with Crippen molar-refractivity contribution in [1.82, 2.24) is 15.5 Å². The van der Waals surface area contributed by atoms with Crippen LogP contribution in [-0.2, 0) is 6.42 Å². The average molecular weight is 421 g/mol. The normalized spacial score (nSPS) is 10.4. The molecule has 138 valence electrons. The van der Waals surface area contributed by atoms with Crippen LogP contribution >= 0.6 is 34.5 Å². The number of rotatable bonds is 6. The van der Waals surface area contributed by atoms with E-state index in [4.69, 9.17) is 23.2 Å². The molecule has 6 nitrogen and oxygen atoms in total. The van der Waals surface area contributed by atoms with E-state index in [-0.39, 0.29) is 11.8 Å². The summed E-state index contributed by atoms with van der Waals surface area (Å²) in [6, 6.07) is 13.5. The number of nitrogens with one attached hydrogen (secondary N) is 2. The van der Waals surface area contributed by atoms with Crippen molar-refractivity contribution in [3.8, 4) is 0 Å². The molecule has 0 bridgehead atoms. The monoisotopic (exact) mass is 420 g/mol. The second-order valence-electron chi connectivity index (χ2n) is 5.45. The third-order valence-electron chi connectivity index (χ3n) is 3.52. The zero-order chi connectivity index (χ0) is 19.2. The second kappa shape index (κ2) is 8.94. The highest BCUT2D eigenvalue weighted by Gasteiger charge is 2.12. The van der Waals surface area contributed by atoms with E-state index in [0.29, 0.717) is 44.3 Å². The van der Waals surface area contributed by atoms with Crippen LogP contribution in [0.3, 0.4) is 0 Å². The molecular weight excluding hydrogens is 407 g/mol. The summed E-state index contributed by atoms with van der Waals surface area (Å²) in [4.78, 5) is 24.3. The molecule has 0 spiro atoms. The Morgan fingerprint density at radius 2 is 1.81 bits per heavy atom. The van der Waals surface area contributed by atoms with Crippen LogP contribution in [0.4, 0.5) is 5.13 Å². The molecular formula is C18H14Cl2N4O2S. The molecule has 2 aromatic carbocycles. The fraction of sp³-hybridized carbons (Fsp3) is 0.111. The molecule has 0 aliphatic heterocycles. The van der Waals surface area contributed by atoms with Gasteiger partial charge < -0.3 is 5.32 Å². The van der Waals surface area contributed by atoms with Crippen LogP contribution in [0.5, 0.6) is 0 Å². The number of benzene rings is 2. The molecule has 0 aliphatic rings. The Labute approximate surface area is 169 Å². The molecule has 2 N–H and O–H groups in total. The summed E-state index contributed by atoms with van der Waals surface area (Å²) in [5.74, 6) is -0.563. The first-order valence-corrected chi connectivity index (χ1v) is 9.52. The summed E-state index contributed by atoms with van der Waals surface area (Å²) in [5, 5.41) is 15.4. The van der Waals surface area contributed by atoms with Crippen molar-refractivity contribution in [1.29, 1.82) is 0 Å². The van der Waals surface area contributed by atoms with E-state index in [2.05, 4.69) is 20.8 Å². The van der Waals surface area contributed by atoms with E-state index < -0.39 is 0 Å². The number of anilines is 1. The number of aromatic nitrogens is 2. The van der Waals surface area contributed by atoms with Crippen molar-refractivity contribution in [3.05, 3.63) is 74.7 Å². The first-order valence-electron chi connectivity index (χ1n) is 7.95. The lowest BCUT2D eigenvalue weighted by Crippen LogP contribution is -2.25. The fourth-order valence-corrected chi connectivity index (χ4v) is 3.37. The van der Waals surface area contributed by atoms with Gasteiger partial charge in [0, 0.05) is 23.6 Å². The number of amides is 2. The summed E-state index contributed by atoms with van der Waals surface area (Å²) < 4.78 is 0. The van der Waals surface area contributed by atoms with Gasteiger partial charge in [0.2, 0.25) is 5.13 Å². The van der Waals surface area contributed by atoms with E-state index in [1.54, 1.807) is 48.5 Å². The van der Waals surface area contributed by atoms with Gasteiger partial charge in [-0.2, -0.15) is 0 Å². The van der Waals surface area contributed by atoms with Crippen LogP contribution in [0.1, 0.15) is 25.7 Å². The molecule has 2 amide bonds. The standard InChI is InChI=1S/C18H14Cl2N4O2S/c19-12-5-3-4-11(10-12)16(25)22-18-24-23-15(27-18)8-9-21-17(26)13-6-1-2-7-14(13)20/h1-7,10H,8-9H2,(H,21,26)(H,22,24,25). The van der Waals surface area contributed by atoms with Crippen LogP contribution in [0.2, 0.25) is 10.0 Å². The molecule has 0 radical (unpaired) electrons. The number of nitrogens with zero attached hydrogens (tertiary/aromatic N) is 2. The van der Waals surface area contributed by atoms with Crippen molar-refractivity contribution < 1.29 is 9.59 Å². The predicted octanol–water partition coefficient (Wildman–Crippen LogP) is 4.07. The lowest BCUT2D eigenvalue weighted by Gasteiger charge is -2.05. The lowest BCUT2D eigenvalue weighted by molar-refractivity contribution is 0.0953. The zero-order valence-corrected chi connectivity index (χ0v) is 16.2. The van der Waals surface area contributed by atoms with Crippen molar-refractivity contribution in [2.75, 3.05) is 11.9 Å². The Kier molecular flexibility index (Phi) is 6.39. The number of hydrogen-bond donors (Lipinski definition) is 2. The zero-order valence-electron chi connectivity index (χ0n) is 13.9. The Bertz CT molecular complexity index is 977. The molecule has 27 heavy (non-hydrogen) atoms. The maximum Gasteiger partial charge on any atom is 0.257 e. The SMILES string of the molecule is O=C(Nc1nnc(CCNC(=O)c2ccccc2Cl)s1)c1cccc(Cl)c1. The molecule has 3 rings (SSSR count). The van der Waals surface area contributed by atoms with Crippen molar-refractivity contribution >= 4 is 51.5 Å². The smallest absolute Gasteiger partial charge is 0.257 e. The lowest BCUT2D eigenvalue weighted by atomic mass is 10.2. The average Bonchev–Trinajstić information content (AvgIpc) is 3.09. The summed E-state index contributed by atoms with van der Waals surface area (Å²) in [5.41, 5.74) is 0.858. The number of carbonyl (C=O) groups is 2. The molecule has 0 atom stereocenters. The van der Waals surface area contributed by atoms with E-state index >= 15 is 0 Å². The van der Waals surface area contributed by atoms with Crippen LogP contribution in [-0.4, -0.2) is 28.6 Å². The van der Waals surface area contributed by atoms with Gasteiger partial charge in [-0.15, -0.1) is 10.2 Å². The van der Waals surface area contributed by atoms with Gasteiger partial charge in [0.25, 0.3) is 11.8 Å². The van der Waals surface area contributed by atoms with Crippen molar-refractivity contribution in [2.45, 2.75) is 6.42 Å². The predicted molar refractivity (Wildman–Crippen MR) is 107 cm³/mol. The van der Waals surface area contributed by atoms with Crippen LogP contribution in [0.25, 0.3) is 0 Å². The van der Waals surface area contributed by atoms with E-state index in [9.17, 15) is 9.59 Å². The highest BCUT2D eigenvalue weighted by atomic mass is 35.5. The third kappa shape index (κ3) is 5.26. The highest BCUT2D eigenvalue weighted by molar-refractivity contribution is 7.15. The van der Waals surface area contributed by atoms with Gasteiger partial charge in [0.05, 0.1) is 10.6 Å². The van der Waals surface area contributed by atoms with Gasteiger partial charge in [0.1, 0.15) is 5.01 Å². The van der Waals surface area contributed by atoms with E-state index in [0.717, 1.165) is 0 Å². The number of halogens is 2. The topological polar surface area (TPSA) is 84.0 Å². The van der Waals surface area contributed by atoms with Crippen molar-refractivity contribution in [3.63, 3.8) is 0 Å². The van der Waals surface area contributed by atoms with Gasteiger partial charge in [-0.25, -0.2) is 0 Å². The minimum absolute atomic E-state index is 0.250. The van der Waals surface area contributed by atoms with Gasteiger partial charge in [-0.3, -0.25) is 14.9 Å². The molecule has 0 unspecified atom stereocenters. The second-order valence-corrected chi connectivity index (χ2v) is 7.36. The molecule has 0 saturated carbocycles. The highest BCUT2D eigenvalue weighted by Crippen LogP contribution is 2.18. The quantitative estimate of drug-likeness (QED) is 0.629. The third-order valence-corrected chi connectivity index (χ3v) is 4.98. The fourth-order valence-electron chi connectivity index (χ4n) is 2.23. The molecule has 0 aliphatic carbocycles. The summed E-state index contributed by atoms with van der Waals surface area (Å²) in [6.45, 7) is 0.376. The first-order chi connectivity index (χ1) is 13.0. The number of hydrogen-bond acceptors (Lipinski definition) is 5. The molecule has 0 fully saturated rings. The summed E-state index contributed by atoms with van der Waals surface area (Å²) in [6.07, 6.45) is 0.487. The molecule has 3 aromatic rings. The minimum atomic E-state index is -0.313. The van der Waals surface area contributed by atoms with E-state index in [1.807, 2.05) is 0 Å². The molecule has 1 heterocycles. The van der Waals surface area contributed by atoms with Gasteiger partial charge in [0.15, 0.2) is 0 Å². The Hall–Kier alpha value is -2.48. The first kappa shape index (κ1) is 19.3. The Balaban J connectivity index is 1.52. The van der Waals surface area contributed by atoms with Crippen LogP contribution in [0.15, 0.2) is 48.5 Å². The Morgan fingerprint density at radius 1 is 1.00 bits per heavy atom. The summed E-state index contributed by atoms with van der Waals surface area (Å²) in [7, 11) is 0. The maximum absolute atomic E-state index is 12.2. The van der Waals surface area contributed by atoms with E-state index in [1.165, 1.54) is 11.3 Å². The molecule has 0 saturated heterocycles. The van der Waals surface area contributed by atoms with Gasteiger partial charge in [-0.1, -0.05) is 52.7 Å². The van der Waals surface area contributed by atoms with Crippen LogP contribution < -0.4 is 10.6 Å². The largest absolute Gasteiger partial charge is 0.352 e. The minimum Gasteiger partial charge on any atom is -0.352 e.